The van der Waals surface area contributed by atoms with E-state index < -0.39 is 0 Å². The van der Waals surface area contributed by atoms with Gasteiger partial charge in [0.2, 0.25) is 0 Å². The van der Waals surface area contributed by atoms with Gasteiger partial charge >= 0.3 is 0 Å². The fraction of sp³-hybridized carbons (Fsp3) is 0.200. The summed E-state index contributed by atoms with van der Waals surface area (Å²) in [6.45, 7) is 2.35. The molecule has 1 aromatic heterocycles. The van der Waals surface area contributed by atoms with E-state index in [2.05, 4.69) is 0 Å². The third-order valence-corrected chi connectivity index (χ3v) is 6.02. The van der Waals surface area contributed by atoms with E-state index in [9.17, 15) is 0 Å². The van der Waals surface area contributed by atoms with E-state index in [4.69, 9.17) is 30.5 Å². The molecule has 6 heteroatoms. The van der Waals surface area contributed by atoms with Crippen LogP contribution in [-0.2, 0) is 0 Å². The van der Waals surface area contributed by atoms with Gasteiger partial charge in [-0.05, 0) is 61.5 Å². The second-order valence-electron chi connectivity index (χ2n) is 6.99. The summed E-state index contributed by atoms with van der Waals surface area (Å²) in [5.41, 5.74) is 0.983. The monoisotopic (exact) mass is 454 g/mol. The number of fused-ring (bicyclic) bond motifs is 1. The van der Waals surface area contributed by atoms with Crippen molar-refractivity contribution >= 4 is 33.0 Å². The molecule has 0 saturated carbocycles. The summed E-state index contributed by atoms with van der Waals surface area (Å²) >= 11 is 7.61. The number of thiophene rings is 1. The van der Waals surface area contributed by atoms with Crippen LogP contribution in [0.3, 0.4) is 0 Å². The van der Waals surface area contributed by atoms with Gasteiger partial charge in [-0.25, -0.2) is 0 Å². The summed E-state index contributed by atoms with van der Waals surface area (Å²) in [5, 5.41) is 0.969. The lowest BCUT2D eigenvalue weighted by Gasteiger charge is -2.12. The number of hydrogen-bond acceptors (Lipinski definition) is 5. The summed E-state index contributed by atoms with van der Waals surface area (Å²) in [5.74, 6) is 3.87. The van der Waals surface area contributed by atoms with Crippen molar-refractivity contribution < 1.29 is 18.9 Å². The summed E-state index contributed by atoms with van der Waals surface area (Å²) in [6.07, 6.45) is 0. The standard InChI is InChI=1S/C25H23ClO4S/c1-16(26)15-29-17-8-10-18(11-9-17)30-24-21-13-12-19(27-2)14-23(21)31-25(24)20-6-4-5-7-22(20)28-3/h4-14,16H,15H2,1-3H3. The van der Waals surface area contributed by atoms with Crippen molar-refractivity contribution in [1.29, 1.82) is 0 Å². The van der Waals surface area contributed by atoms with Gasteiger partial charge in [0.25, 0.3) is 0 Å². The smallest absolute Gasteiger partial charge is 0.154 e. The average molecular weight is 455 g/mol. The highest BCUT2D eigenvalue weighted by Crippen LogP contribution is 2.49. The molecule has 4 aromatic rings. The first-order valence-electron chi connectivity index (χ1n) is 9.87. The number of rotatable bonds is 8. The van der Waals surface area contributed by atoms with E-state index in [1.807, 2.05) is 73.7 Å². The predicted molar refractivity (Wildman–Crippen MR) is 128 cm³/mol. The Labute approximate surface area is 190 Å². The van der Waals surface area contributed by atoms with Crippen molar-refractivity contribution in [1.82, 2.24) is 0 Å². The highest BCUT2D eigenvalue weighted by molar-refractivity contribution is 7.22. The van der Waals surface area contributed by atoms with Gasteiger partial charge in [0.15, 0.2) is 5.75 Å². The fourth-order valence-electron chi connectivity index (χ4n) is 3.22. The van der Waals surface area contributed by atoms with E-state index >= 15 is 0 Å². The Hall–Kier alpha value is -2.89. The fourth-order valence-corrected chi connectivity index (χ4v) is 4.48. The van der Waals surface area contributed by atoms with Gasteiger partial charge in [-0.2, -0.15) is 0 Å². The molecular formula is C25H23ClO4S. The minimum Gasteiger partial charge on any atom is -0.497 e. The Bertz CT molecular complexity index is 1170. The molecule has 3 aromatic carbocycles. The summed E-state index contributed by atoms with van der Waals surface area (Å²) in [6, 6.07) is 21.5. The molecule has 0 spiro atoms. The van der Waals surface area contributed by atoms with Gasteiger partial charge < -0.3 is 18.9 Å². The zero-order chi connectivity index (χ0) is 21.8. The number of alkyl halides is 1. The van der Waals surface area contributed by atoms with Crippen LogP contribution in [0.2, 0.25) is 0 Å². The molecule has 0 amide bonds. The number of ether oxygens (including phenoxy) is 4. The van der Waals surface area contributed by atoms with Gasteiger partial charge in [-0.15, -0.1) is 22.9 Å². The highest BCUT2D eigenvalue weighted by Gasteiger charge is 2.19. The lowest BCUT2D eigenvalue weighted by Crippen LogP contribution is -2.06. The minimum atomic E-state index is -0.0477. The Morgan fingerprint density at radius 1 is 0.871 bits per heavy atom. The minimum absolute atomic E-state index is 0.0477. The van der Waals surface area contributed by atoms with Crippen LogP contribution in [0.5, 0.6) is 28.7 Å². The Morgan fingerprint density at radius 2 is 1.58 bits per heavy atom. The van der Waals surface area contributed by atoms with Crippen LogP contribution in [0, 0.1) is 0 Å². The van der Waals surface area contributed by atoms with Crippen molar-refractivity contribution in [3.63, 3.8) is 0 Å². The van der Waals surface area contributed by atoms with Gasteiger partial charge in [-0.1, -0.05) is 12.1 Å². The molecule has 1 unspecified atom stereocenters. The average Bonchev–Trinajstić information content (AvgIpc) is 3.15. The van der Waals surface area contributed by atoms with Crippen molar-refractivity contribution in [2.75, 3.05) is 20.8 Å². The number of hydrogen-bond donors (Lipinski definition) is 0. The van der Waals surface area contributed by atoms with Crippen LogP contribution in [0.1, 0.15) is 6.92 Å². The molecule has 4 nitrogen and oxygen atoms in total. The first-order valence-corrected chi connectivity index (χ1v) is 11.1. The van der Waals surface area contributed by atoms with E-state index in [-0.39, 0.29) is 5.38 Å². The van der Waals surface area contributed by atoms with Crippen LogP contribution in [-0.4, -0.2) is 26.2 Å². The molecule has 1 atom stereocenters. The first-order chi connectivity index (χ1) is 15.1. The van der Waals surface area contributed by atoms with Gasteiger partial charge in [0.05, 0.1) is 24.5 Å². The maximum atomic E-state index is 6.40. The van der Waals surface area contributed by atoms with Crippen molar-refractivity contribution in [3.05, 3.63) is 66.7 Å². The van der Waals surface area contributed by atoms with Gasteiger partial charge in [-0.3, -0.25) is 0 Å². The lowest BCUT2D eigenvalue weighted by molar-refractivity contribution is 0.320. The number of benzene rings is 3. The number of para-hydroxylation sites is 1. The zero-order valence-corrected chi connectivity index (χ0v) is 19.1. The van der Waals surface area contributed by atoms with Gasteiger partial charge in [0, 0.05) is 15.6 Å². The Balaban J connectivity index is 1.75. The molecule has 0 fully saturated rings. The van der Waals surface area contributed by atoms with E-state index in [1.165, 1.54) is 0 Å². The van der Waals surface area contributed by atoms with Crippen LogP contribution >= 0.6 is 22.9 Å². The maximum Gasteiger partial charge on any atom is 0.154 e. The van der Waals surface area contributed by atoms with Crippen molar-refractivity contribution in [3.8, 4) is 39.2 Å². The Morgan fingerprint density at radius 3 is 2.29 bits per heavy atom. The highest BCUT2D eigenvalue weighted by atomic mass is 35.5. The molecule has 160 valence electrons. The lowest BCUT2D eigenvalue weighted by atomic mass is 10.1. The molecule has 0 saturated heterocycles. The van der Waals surface area contributed by atoms with Gasteiger partial charge in [0.1, 0.15) is 29.6 Å². The molecule has 1 heterocycles. The zero-order valence-electron chi connectivity index (χ0n) is 17.6. The van der Waals surface area contributed by atoms with Crippen LogP contribution < -0.4 is 18.9 Å². The summed E-state index contributed by atoms with van der Waals surface area (Å²) < 4.78 is 24.2. The van der Waals surface area contributed by atoms with Crippen molar-refractivity contribution in [2.24, 2.45) is 0 Å². The van der Waals surface area contributed by atoms with Crippen LogP contribution in [0.15, 0.2) is 66.7 Å². The maximum absolute atomic E-state index is 6.40. The third kappa shape index (κ3) is 4.73. The molecule has 31 heavy (non-hydrogen) atoms. The molecule has 0 aliphatic heterocycles. The third-order valence-electron chi connectivity index (χ3n) is 4.73. The largest absolute Gasteiger partial charge is 0.497 e. The van der Waals surface area contributed by atoms with E-state index in [0.717, 1.165) is 49.3 Å². The second-order valence-corrected chi connectivity index (χ2v) is 8.79. The number of halogens is 1. The predicted octanol–water partition coefficient (Wildman–Crippen LogP) is 7.38. The first kappa shape index (κ1) is 21.3. The molecule has 0 radical (unpaired) electrons. The quantitative estimate of drug-likeness (QED) is 0.260. The van der Waals surface area contributed by atoms with E-state index in [1.54, 1.807) is 25.6 Å². The molecule has 0 aliphatic rings. The van der Waals surface area contributed by atoms with E-state index in [0.29, 0.717) is 6.61 Å². The van der Waals surface area contributed by atoms with Crippen LogP contribution in [0.4, 0.5) is 0 Å². The SMILES string of the molecule is COc1ccc2c(Oc3ccc(OCC(C)Cl)cc3)c(-c3ccccc3OC)sc2c1. The molecule has 0 bridgehead atoms. The molecule has 4 rings (SSSR count). The van der Waals surface area contributed by atoms with Crippen LogP contribution in [0.25, 0.3) is 20.5 Å². The molecule has 0 N–H and O–H groups in total. The number of methoxy groups -OCH3 is 2. The topological polar surface area (TPSA) is 36.9 Å². The Kier molecular flexibility index (Phi) is 6.54. The summed E-state index contributed by atoms with van der Waals surface area (Å²) in [4.78, 5) is 0.997. The summed E-state index contributed by atoms with van der Waals surface area (Å²) in [7, 11) is 3.35. The molecular weight excluding hydrogens is 432 g/mol. The normalized spacial score (nSPS) is 11.9. The molecule has 0 aliphatic carbocycles. The van der Waals surface area contributed by atoms with Crippen molar-refractivity contribution in [2.45, 2.75) is 12.3 Å². The second kappa shape index (κ2) is 9.50.